The topological polar surface area (TPSA) is 13.1 Å². The Morgan fingerprint density at radius 3 is 2.86 bits per heavy atom. The lowest BCUT2D eigenvalue weighted by Crippen LogP contribution is -2.17. The summed E-state index contributed by atoms with van der Waals surface area (Å²) >= 11 is 0. The summed E-state index contributed by atoms with van der Waals surface area (Å²) in [6.07, 6.45) is 11.2. The van der Waals surface area contributed by atoms with Crippen molar-refractivity contribution in [3.8, 4) is 0 Å². The van der Waals surface area contributed by atoms with Crippen LogP contribution in [0.2, 0.25) is 0 Å². The Bertz CT molecular complexity index is 393. The van der Waals surface area contributed by atoms with Crippen molar-refractivity contribution in [2.45, 2.75) is 27.2 Å². The van der Waals surface area contributed by atoms with Crippen LogP contribution in [0, 0.1) is 5.92 Å². The second-order valence-corrected chi connectivity index (χ2v) is 3.75. The Morgan fingerprint density at radius 1 is 1.43 bits per heavy atom. The van der Waals surface area contributed by atoms with Crippen LogP contribution < -0.4 is 10.6 Å². The van der Waals surface area contributed by atoms with E-state index in [1.54, 1.807) is 6.26 Å². The molecule has 0 N–H and O–H groups in total. The Labute approximate surface area is 85.4 Å². The summed E-state index contributed by atoms with van der Waals surface area (Å²) in [4.78, 5) is 0. The average molecular weight is 190 g/mol. The highest BCUT2D eigenvalue weighted by Crippen LogP contribution is 1.99. The molecular formula is C13H18O. The van der Waals surface area contributed by atoms with Gasteiger partial charge in [0.2, 0.25) is 0 Å². The van der Waals surface area contributed by atoms with Crippen LogP contribution in [0.15, 0.2) is 28.9 Å². The molecule has 0 unspecified atom stereocenters. The normalized spacial score (nSPS) is 14.9. The van der Waals surface area contributed by atoms with E-state index in [1.807, 2.05) is 19.1 Å². The molecule has 1 rings (SSSR count). The average Bonchev–Trinajstić information content (AvgIpc) is 2.59. The Kier molecular flexibility index (Phi) is 4.24. The Balaban J connectivity index is 2.75. The van der Waals surface area contributed by atoms with E-state index in [9.17, 15) is 0 Å². The first kappa shape index (κ1) is 10.8. The van der Waals surface area contributed by atoms with E-state index >= 15 is 0 Å². The lowest BCUT2D eigenvalue weighted by Gasteiger charge is -1.94. The van der Waals surface area contributed by atoms with Gasteiger partial charge >= 0.3 is 0 Å². The van der Waals surface area contributed by atoms with Crippen molar-refractivity contribution in [2.75, 3.05) is 0 Å². The van der Waals surface area contributed by atoms with E-state index in [1.165, 1.54) is 0 Å². The predicted octanol–water partition coefficient (Wildman–Crippen LogP) is 2.46. The quantitative estimate of drug-likeness (QED) is 0.713. The summed E-state index contributed by atoms with van der Waals surface area (Å²) in [5, 5.41) is 1.15. The fraction of sp³-hybridized carbons (Fsp3) is 0.385. The second kappa shape index (κ2) is 5.48. The molecule has 0 bridgehead atoms. The highest BCUT2D eigenvalue weighted by Gasteiger charge is 1.86. The first-order valence-corrected chi connectivity index (χ1v) is 5.10. The molecule has 76 valence electrons. The number of furan rings is 1. The molecule has 1 heteroatoms. The lowest BCUT2D eigenvalue weighted by molar-refractivity contribution is 0.530. The first-order chi connectivity index (χ1) is 6.74. The van der Waals surface area contributed by atoms with Crippen LogP contribution in [-0.4, -0.2) is 0 Å². The molecule has 1 heterocycles. The maximum atomic E-state index is 5.27. The SMILES string of the molecule is C/C=c1/occ/c1=C/C=C\CC(C)C. The van der Waals surface area contributed by atoms with Gasteiger partial charge in [-0.15, -0.1) is 0 Å². The molecule has 0 aliphatic carbocycles. The van der Waals surface area contributed by atoms with Crippen LogP contribution in [-0.2, 0) is 0 Å². The zero-order chi connectivity index (χ0) is 10.4. The van der Waals surface area contributed by atoms with Crippen LogP contribution in [0.3, 0.4) is 0 Å². The monoisotopic (exact) mass is 190 g/mol. The molecule has 0 aliphatic heterocycles. The molecule has 14 heavy (non-hydrogen) atoms. The van der Waals surface area contributed by atoms with Crippen LogP contribution in [0.1, 0.15) is 27.2 Å². The molecule has 0 saturated carbocycles. The van der Waals surface area contributed by atoms with Crippen molar-refractivity contribution in [3.63, 3.8) is 0 Å². The third-order valence-electron chi connectivity index (χ3n) is 2.01. The fourth-order valence-electron chi connectivity index (χ4n) is 1.23. The maximum Gasteiger partial charge on any atom is 0.129 e. The van der Waals surface area contributed by atoms with E-state index in [4.69, 9.17) is 4.42 Å². The van der Waals surface area contributed by atoms with Crippen molar-refractivity contribution in [3.05, 3.63) is 35.1 Å². The molecule has 0 atom stereocenters. The number of rotatable bonds is 3. The van der Waals surface area contributed by atoms with Gasteiger partial charge in [-0.1, -0.05) is 32.1 Å². The van der Waals surface area contributed by atoms with E-state index < -0.39 is 0 Å². The molecule has 1 aromatic rings. The lowest BCUT2D eigenvalue weighted by atomic mass is 10.1. The second-order valence-electron chi connectivity index (χ2n) is 3.75. The summed E-state index contributed by atoms with van der Waals surface area (Å²) in [6.45, 7) is 6.41. The van der Waals surface area contributed by atoms with Gasteiger partial charge in [-0.25, -0.2) is 0 Å². The van der Waals surface area contributed by atoms with E-state index in [0.29, 0.717) is 0 Å². The van der Waals surface area contributed by atoms with Gasteiger partial charge in [-0.2, -0.15) is 0 Å². The van der Waals surface area contributed by atoms with Crippen molar-refractivity contribution < 1.29 is 4.42 Å². The fourth-order valence-corrected chi connectivity index (χ4v) is 1.23. The highest BCUT2D eigenvalue weighted by molar-refractivity contribution is 5.37. The van der Waals surface area contributed by atoms with Gasteiger partial charge in [0.25, 0.3) is 0 Å². The standard InChI is InChI=1S/C13H18O/c1-4-13-12(9-10-14-13)8-6-5-7-11(2)3/h4-6,8-11H,7H2,1-3H3/b6-5-,12-8-,13-4+. The minimum Gasteiger partial charge on any atom is -0.465 e. The van der Waals surface area contributed by atoms with E-state index in [0.717, 1.165) is 23.0 Å². The molecule has 0 radical (unpaired) electrons. The molecule has 0 amide bonds. The van der Waals surface area contributed by atoms with Gasteiger partial charge in [-0.3, -0.25) is 0 Å². The highest BCUT2D eigenvalue weighted by atomic mass is 16.3. The predicted molar refractivity (Wildman–Crippen MR) is 61.2 cm³/mol. The van der Waals surface area contributed by atoms with Gasteiger partial charge in [0.15, 0.2) is 0 Å². The number of allylic oxidation sites excluding steroid dienone is 2. The molecule has 0 fully saturated rings. The summed E-state index contributed by atoms with van der Waals surface area (Å²) < 4.78 is 5.27. The summed E-state index contributed by atoms with van der Waals surface area (Å²) in [5.74, 6) is 0.723. The van der Waals surface area contributed by atoms with Gasteiger partial charge in [0.05, 0.1) is 6.26 Å². The minimum absolute atomic E-state index is 0.723. The summed E-state index contributed by atoms with van der Waals surface area (Å²) in [6, 6.07) is 1.98. The van der Waals surface area contributed by atoms with Crippen LogP contribution >= 0.6 is 0 Å². The van der Waals surface area contributed by atoms with E-state index in [-0.39, 0.29) is 0 Å². The maximum absolute atomic E-state index is 5.27. The molecule has 0 aliphatic rings. The zero-order valence-corrected chi connectivity index (χ0v) is 9.16. The van der Waals surface area contributed by atoms with Crippen LogP contribution in [0.5, 0.6) is 0 Å². The molecular weight excluding hydrogens is 172 g/mol. The van der Waals surface area contributed by atoms with Gasteiger partial charge in [0.1, 0.15) is 5.42 Å². The number of hydrogen-bond acceptors (Lipinski definition) is 1. The largest absolute Gasteiger partial charge is 0.465 e. The first-order valence-electron chi connectivity index (χ1n) is 5.10. The van der Waals surface area contributed by atoms with Crippen molar-refractivity contribution in [1.82, 2.24) is 0 Å². The molecule has 1 nitrogen and oxygen atoms in total. The Hall–Kier alpha value is -1.24. The van der Waals surface area contributed by atoms with Crippen molar-refractivity contribution in [2.24, 2.45) is 5.92 Å². The van der Waals surface area contributed by atoms with Crippen LogP contribution in [0.25, 0.3) is 12.2 Å². The summed E-state index contributed by atoms with van der Waals surface area (Å²) in [7, 11) is 0. The van der Waals surface area contributed by atoms with E-state index in [2.05, 4.69) is 32.1 Å². The minimum atomic E-state index is 0.723. The van der Waals surface area contributed by atoms with Gasteiger partial charge in [0, 0.05) is 5.22 Å². The van der Waals surface area contributed by atoms with Crippen molar-refractivity contribution >= 4 is 12.2 Å². The van der Waals surface area contributed by atoms with Gasteiger partial charge < -0.3 is 4.42 Å². The summed E-state index contributed by atoms with van der Waals surface area (Å²) in [5.41, 5.74) is 0.944. The van der Waals surface area contributed by atoms with Gasteiger partial charge in [-0.05, 0) is 31.4 Å². The third-order valence-corrected chi connectivity index (χ3v) is 2.01. The smallest absolute Gasteiger partial charge is 0.129 e. The molecule has 0 spiro atoms. The van der Waals surface area contributed by atoms with Crippen LogP contribution in [0.4, 0.5) is 0 Å². The molecule has 1 aromatic heterocycles. The molecule has 0 saturated heterocycles. The molecule has 0 aromatic carbocycles. The third kappa shape index (κ3) is 3.25. The Morgan fingerprint density at radius 2 is 2.21 bits per heavy atom. The number of hydrogen-bond donors (Lipinski definition) is 0. The zero-order valence-electron chi connectivity index (χ0n) is 9.16. The van der Waals surface area contributed by atoms with Crippen molar-refractivity contribution in [1.29, 1.82) is 0 Å².